The van der Waals surface area contributed by atoms with Crippen LogP contribution in [-0.4, -0.2) is 71.8 Å². The molecule has 0 unspecified atom stereocenters. The molecular weight excluding hydrogens is 607 g/mol. The molecule has 2 aromatic rings. The minimum Gasteiger partial charge on any atom is -0.484 e. The first-order chi connectivity index (χ1) is 21.7. The molecule has 1 saturated heterocycles. The Bertz CT molecular complexity index is 1430. The van der Waals surface area contributed by atoms with Gasteiger partial charge in [0.1, 0.15) is 29.9 Å². The summed E-state index contributed by atoms with van der Waals surface area (Å²) < 4.78 is 44.4. The zero-order chi connectivity index (χ0) is 33.6. The highest BCUT2D eigenvalue weighted by atomic mass is 19.4. The van der Waals surface area contributed by atoms with Gasteiger partial charge < -0.3 is 30.9 Å². The third-order valence-electron chi connectivity index (χ3n) is 7.95. The Morgan fingerprint density at radius 2 is 1.65 bits per heavy atom. The molecule has 3 heterocycles. The van der Waals surface area contributed by atoms with Crippen LogP contribution < -0.4 is 26.0 Å². The first-order valence-electron chi connectivity index (χ1n) is 15.1. The van der Waals surface area contributed by atoms with Crippen LogP contribution in [0, 0.1) is 5.92 Å². The number of rotatable bonds is 4. The summed E-state index contributed by atoms with van der Waals surface area (Å²) in [5.74, 6) is -2.62. The number of hydrogen-bond donors (Lipinski definition) is 4. The third kappa shape index (κ3) is 8.76. The van der Waals surface area contributed by atoms with Gasteiger partial charge >= 0.3 is 6.18 Å². The highest BCUT2D eigenvalue weighted by Gasteiger charge is 2.39. The molecule has 0 radical (unpaired) electrons. The fraction of sp³-hybridized carbons (Fsp3) is 0.469. The van der Waals surface area contributed by atoms with E-state index in [1.807, 2.05) is 0 Å². The van der Waals surface area contributed by atoms with E-state index in [2.05, 4.69) is 21.3 Å². The SMILES string of the molecule is CC(C)[C@H]1NC(=O)COc2ccc(cc2)C[C@H](C(=O)NCc2ccc(C(F)(F)F)cc2)NC(=O)[C@H](C)NC(=O)[C@@H]2CCCN2C1=O. The predicted octanol–water partition coefficient (Wildman–Crippen LogP) is 2.08. The normalized spacial score (nSPS) is 23.3. The second-order valence-electron chi connectivity index (χ2n) is 11.8. The highest BCUT2D eigenvalue weighted by Crippen LogP contribution is 2.29. The van der Waals surface area contributed by atoms with Crippen LogP contribution in [0.5, 0.6) is 5.75 Å². The number of hydrogen-bond acceptors (Lipinski definition) is 6. The molecule has 248 valence electrons. The first-order valence-corrected chi connectivity index (χ1v) is 15.1. The monoisotopic (exact) mass is 645 g/mol. The zero-order valence-corrected chi connectivity index (χ0v) is 25.8. The van der Waals surface area contributed by atoms with Crippen molar-refractivity contribution in [2.75, 3.05) is 13.2 Å². The fourth-order valence-corrected chi connectivity index (χ4v) is 5.32. The quantitative estimate of drug-likeness (QED) is 0.401. The molecule has 1 fully saturated rings. The van der Waals surface area contributed by atoms with E-state index in [0.29, 0.717) is 36.3 Å². The Morgan fingerprint density at radius 3 is 2.28 bits per heavy atom. The number of alkyl halides is 3. The van der Waals surface area contributed by atoms with E-state index in [9.17, 15) is 37.1 Å². The van der Waals surface area contributed by atoms with Crippen LogP contribution >= 0.6 is 0 Å². The lowest BCUT2D eigenvalue weighted by Crippen LogP contribution is -2.58. The topological polar surface area (TPSA) is 146 Å². The molecule has 4 atom stereocenters. The first kappa shape index (κ1) is 34.3. The molecule has 2 bridgehead atoms. The van der Waals surface area contributed by atoms with E-state index >= 15 is 0 Å². The lowest BCUT2D eigenvalue weighted by Gasteiger charge is -2.31. The van der Waals surface area contributed by atoms with Gasteiger partial charge in [-0.15, -0.1) is 0 Å². The van der Waals surface area contributed by atoms with Crippen LogP contribution in [0.3, 0.4) is 0 Å². The second kappa shape index (κ2) is 14.6. The van der Waals surface area contributed by atoms with E-state index < -0.39 is 65.4 Å². The summed E-state index contributed by atoms with van der Waals surface area (Å²) in [5.41, 5.74) is 0.238. The van der Waals surface area contributed by atoms with Gasteiger partial charge in [0, 0.05) is 19.5 Å². The zero-order valence-electron chi connectivity index (χ0n) is 25.8. The van der Waals surface area contributed by atoms with E-state index in [4.69, 9.17) is 4.74 Å². The van der Waals surface area contributed by atoms with Crippen molar-refractivity contribution in [1.82, 2.24) is 26.2 Å². The molecule has 0 saturated carbocycles. The summed E-state index contributed by atoms with van der Waals surface area (Å²) in [6.45, 7) is 4.88. The van der Waals surface area contributed by atoms with Crippen LogP contribution in [0.2, 0.25) is 0 Å². The van der Waals surface area contributed by atoms with Crippen LogP contribution in [-0.2, 0) is 43.1 Å². The molecular formula is C32H38F3N5O6. The Kier molecular flexibility index (Phi) is 10.9. The van der Waals surface area contributed by atoms with Gasteiger partial charge in [-0.2, -0.15) is 13.2 Å². The Balaban J connectivity index is 1.54. The number of amides is 5. The molecule has 4 N–H and O–H groups in total. The molecule has 0 spiro atoms. The minimum atomic E-state index is -4.49. The number of nitrogens with zero attached hydrogens (tertiary/aromatic N) is 1. The molecule has 5 rings (SSSR count). The molecule has 5 amide bonds. The third-order valence-corrected chi connectivity index (χ3v) is 7.95. The standard InChI is InChI=1S/C32H38F3N5O6/c1-18(2)27-31(45)40-14-4-5-25(40)30(44)37-19(3)28(42)38-24(15-20-8-12-23(13-9-20)46-17-26(41)39-27)29(43)36-16-21-6-10-22(11-7-21)32(33,34)35/h6-13,18-19,24-25,27H,4-5,14-17H2,1-3H3,(H,36,43)(H,37,44)(H,38,42)(H,39,41)/t19-,24+,25-,27+/m0/s1. The van der Waals surface area contributed by atoms with Gasteiger partial charge in [0.2, 0.25) is 23.6 Å². The molecule has 0 aliphatic carbocycles. The van der Waals surface area contributed by atoms with Crippen molar-refractivity contribution < 1.29 is 41.9 Å². The van der Waals surface area contributed by atoms with E-state index in [1.54, 1.807) is 38.1 Å². The van der Waals surface area contributed by atoms with Crippen molar-refractivity contribution in [3.63, 3.8) is 0 Å². The maximum atomic E-state index is 13.5. The number of carbonyl (C=O) groups is 5. The van der Waals surface area contributed by atoms with Crippen molar-refractivity contribution in [3.8, 4) is 5.75 Å². The van der Waals surface area contributed by atoms with Crippen LogP contribution in [0.4, 0.5) is 13.2 Å². The summed E-state index contributed by atoms with van der Waals surface area (Å²) in [7, 11) is 0. The fourth-order valence-electron chi connectivity index (χ4n) is 5.32. The summed E-state index contributed by atoms with van der Waals surface area (Å²) in [4.78, 5) is 67.5. The number of fused-ring (bicyclic) bond motifs is 13. The number of ether oxygens (including phenoxy) is 1. The molecule has 11 nitrogen and oxygen atoms in total. The lowest BCUT2D eigenvalue weighted by atomic mass is 10.0. The van der Waals surface area contributed by atoms with Gasteiger partial charge in [-0.1, -0.05) is 38.1 Å². The average molecular weight is 646 g/mol. The number of nitrogens with one attached hydrogen (secondary N) is 4. The number of benzene rings is 2. The summed E-state index contributed by atoms with van der Waals surface area (Å²) in [6, 6.07) is 6.92. The molecule has 2 aromatic carbocycles. The minimum absolute atomic E-state index is 0.0347. The van der Waals surface area contributed by atoms with Crippen LogP contribution in [0.1, 0.15) is 50.3 Å². The molecule has 46 heavy (non-hydrogen) atoms. The summed E-state index contributed by atoms with van der Waals surface area (Å²) in [5, 5.41) is 10.7. The van der Waals surface area contributed by atoms with Crippen LogP contribution in [0.25, 0.3) is 0 Å². The van der Waals surface area contributed by atoms with Crippen LogP contribution in [0.15, 0.2) is 48.5 Å². The van der Waals surface area contributed by atoms with Crippen molar-refractivity contribution in [2.45, 2.75) is 76.9 Å². The largest absolute Gasteiger partial charge is 0.484 e. The van der Waals surface area contributed by atoms with Crippen molar-refractivity contribution in [1.29, 1.82) is 0 Å². The molecule has 3 aliphatic heterocycles. The van der Waals surface area contributed by atoms with Gasteiger partial charge in [0.25, 0.3) is 5.91 Å². The van der Waals surface area contributed by atoms with Crippen molar-refractivity contribution in [2.24, 2.45) is 5.92 Å². The highest BCUT2D eigenvalue weighted by molar-refractivity contribution is 5.96. The Morgan fingerprint density at radius 1 is 0.978 bits per heavy atom. The maximum absolute atomic E-state index is 13.5. The molecule has 3 aliphatic rings. The van der Waals surface area contributed by atoms with Gasteiger partial charge in [0.15, 0.2) is 6.61 Å². The number of carbonyl (C=O) groups excluding carboxylic acids is 5. The molecule has 0 aromatic heterocycles. The Hall–Kier alpha value is -4.62. The van der Waals surface area contributed by atoms with Crippen molar-refractivity contribution >= 4 is 29.5 Å². The van der Waals surface area contributed by atoms with Gasteiger partial charge in [-0.05, 0) is 61.1 Å². The lowest BCUT2D eigenvalue weighted by molar-refractivity contribution is -0.143. The predicted molar refractivity (Wildman–Crippen MR) is 160 cm³/mol. The molecule has 14 heteroatoms. The van der Waals surface area contributed by atoms with Gasteiger partial charge in [0.05, 0.1) is 5.56 Å². The maximum Gasteiger partial charge on any atom is 0.416 e. The Labute approximate surface area is 264 Å². The van der Waals surface area contributed by atoms with E-state index in [-0.39, 0.29) is 25.5 Å². The second-order valence-corrected chi connectivity index (χ2v) is 11.8. The number of halogens is 3. The smallest absolute Gasteiger partial charge is 0.416 e. The van der Waals surface area contributed by atoms with Gasteiger partial charge in [-0.25, -0.2) is 0 Å². The summed E-state index contributed by atoms with van der Waals surface area (Å²) in [6.07, 6.45) is -3.53. The van der Waals surface area contributed by atoms with Crippen molar-refractivity contribution in [3.05, 3.63) is 65.2 Å². The van der Waals surface area contributed by atoms with E-state index in [0.717, 1.165) is 12.1 Å². The average Bonchev–Trinajstić information content (AvgIpc) is 3.51. The van der Waals surface area contributed by atoms with Gasteiger partial charge in [-0.3, -0.25) is 24.0 Å². The summed E-state index contributed by atoms with van der Waals surface area (Å²) >= 11 is 0. The van der Waals surface area contributed by atoms with E-state index in [1.165, 1.54) is 24.0 Å².